The highest BCUT2D eigenvalue weighted by molar-refractivity contribution is 5.94. The van der Waals surface area contributed by atoms with Gasteiger partial charge in [0.1, 0.15) is 17.2 Å². The molecule has 0 spiro atoms. The van der Waals surface area contributed by atoms with Crippen molar-refractivity contribution >= 4 is 29.3 Å². The number of rotatable bonds is 5. The minimum Gasteiger partial charge on any atom is -0.467 e. The molecule has 1 heterocycles. The molecule has 1 unspecified atom stereocenters. The van der Waals surface area contributed by atoms with Gasteiger partial charge in [-0.05, 0) is 115 Å². The van der Waals surface area contributed by atoms with E-state index in [0.29, 0.717) is 5.58 Å². The van der Waals surface area contributed by atoms with Gasteiger partial charge >= 0.3 is 23.9 Å². The highest BCUT2D eigenvalue weighted by Crippen LogP contribution is 2.60. The van der Waals surface area contributed by atoms with Crippen LogP contribution in [0.15, 0.2) is 27.4 Å². The summed E-state index contributed by atoms with van der Waals surface area (Å²) in [6, 6.07) is 4.79. The van der Waals surface area contributed by atoms with Crippen molar-refractivity contribution in [2.45, 2.75) is 109 Å². The van der Waals surface area contributed by atoms with Crippen molar-refractivity contribution in [3.05, 3.63) is 34.3 Å². The van der Waals surface area contributed by atoms with Gasteiger partial charge < -0.3 is 18.6 Å². The third kappa shape index (κ3) is 5.90. The summed E-state index contributed by atoms with van der Waals surface area (Å²) >= 11 is 0. The number of amides is 2. The molecule has 1 aromatic heterocycles. The van der Waals surface area contributed by atoms with Gasteiger partial charge in [0.15, 0.2) is 5.58 Å². The molecule has 10 heteroatoms. The van der Waals surface area contributed by atoms with Crippen LogP contribution in [0.3, 0.4) is 0 Å². The molecular weight excluding hydrogens is 516 g/mol. The summed E-state index contributed by atoms with van der Waals surface area (Å²) in [7, 11) is 2.96. The molecule has 10 nitrogen and oxygen atoms in total. The number of hydrogen-bond donors (Lipinski definition) is 0. The van der Waals surface area contributed by atoms with Crippen molar-refractivity contribution in [1.29, 1.82) is 0 Å². The van der Waals surface area contributed by atoms with E-state index in [2.05, 4.69) is 6.07 Å². The van der Waals surface area contributed by atoms with E-state index in [1.165, 1.54) is 17.2 Å². The van der Waals surface area contributed by atoms with E-state index in [9.17, 15) is 19.2 Å². The van der Waals surface area contributed by atoms with Gasteiger partial charge in [0, 0.05) is 7.05 Å². The molecule has 1 atom stereocenters. The predicted octanol–water partition coefficient (Wildman–Crippen LogP) is 5.83. The van der Waals surface area contributed by atoms with Gasteiger partial charge in [0.05, 0.1) is 12.6 Å². The van der Waals surface area contributed by atoms with E-state index in [-0.39, 0.29) is 23.0 Å². The number of ether oxygens (including phenoxy) is 3. The van der Waals surface area contributed by atoms with Gasteiger partial charge in [-0.2, -0.15) is 4.90 Å². The SMILES string of the molecule is COC(=O)C(CC12CCC(c3ccc4oc(=O)n(C)c4c3)(CC1)CC2)N(C(=O)OC(C)(C)C)C(=O)OC(C)(C)C. The molecule has 2 amide bonds. The minimum atomic E-state index is -1.18. The second kappa shape index (κ2) is 10.3. The van der Waals surface area contributed by atoms with Crippen LogP contribution in [0, 0.1) is 5.41 Å². The maximum atomic E-state index is 13.3. The third-order valence-electron chi connectivity index (χ3n) is 8.40. The fourth-order valence-corrected chi connectivity index (χ4v) is 6.24. The summed E-state index contributed by atoms with van der Waals surface area (Å²) in [6.07, 6.45) is 3.51. The first-order valence-corrected chi connectivity index (χ1v) is 13.9. The molecule has 40 heavy (non-hydrogen) atoms. The average molecular weight is 559 g/mol. The highest BCUT2D eigenvalue weighted by Gasteiger charge is 2.53. The Labute approximate surface area is 234 Å². The number of carbonyl (C=O) groups excluding carboxylic acids is 3. The number of imide groups is 1. The molecule has 2 bridgehead atoms. The van der Waals surface area contributed by atoms with Crippen molar-refractivity contribution in [2.75, 3.05) is 7.11 Å². The summed E-state index contributed by atoms with van der Waals surface area (Å²) in [5, 5.41) is 0. The molecule has 2 aromatic rings. The first-order chi connectivity index (χ1) is 18.5. The Morgan fingerprint density at radius 3 is 1.95 bits per heavy atom. The zero-order valence-corrected chi connectivity index (χ0v) is 24.9. The summed E-state index contributed by atoms with van der Waals surface area (Å²) in [4.78, 5) is 52.6. The maximum Gasteiger partial charge on any atom is 0.420 e. The van der Waals surface area contributed by atoms with Crippen molar-refractivity contribution in [2.24, 2.45) is 12.5 Å². The molecule has 0 N–H and O–H groups in total. The molecule has 3 aliphatic rings. The van der Waals surface area contributed by atoms with Crippen LogP contribution in [0.4, 0.5) is 9.59 Å². The molecule has 1 aromatic carbocycles. The quantitative estimate of drug-likeness (QED) is 0.332. The number of hydrogen-bond acceptors (Lipinski definition) is 8. The fourth-order valence-electron chi connectivity index (χ4n) is 6.24. The first-order valence-electron chi connectivity index (χ1n) is 13.9. The molecule has 3 aliphatic carbocycles. The zero-order chi connectivity index (χ0) is 29.7. The smallest absolute Gasteiger partial charge is 0.420 e. The molecule has 0 radical (unpaired) electrons. The zero-order valence-electron chi connectivity index (χ0n) is 24.9. The van der Waals surface area contributed by atoms with Crippen molar-refractivity contribution in [3.63, 3.8) is 0 Å². The first kappa shape index (κ1) is 29.7. The van der Waals surface area contributed by atoms with Crippen molar-refractivity contribution in [3.8, 4) is 0 Å². The molecule has 220 valence electrons. The number of fused-ring (bicyclic) bond motifs is 4. The lowest BCUT2D eigenvalue weighted by Gasteiger charge is -2.55. The number of benzene rings is 1. The minimum absolute atomic E-state index is 0.0416. The number of oxazole rings is 1. The van der Waals surface area contributed by atoms with E-state index in [4.69, 9.17) is 18.6 Å². The number of aryl methyl sites for hydroxylation is 1. The van der Waals surface area contributed by atoms with Gasteiger partial charge in [-0.15, -0.1) is 0 Å². The summed E-state index contributed by atoms with van der Waals surface area (Å²) in [5.41, 5.74) is 0.457. The Morgan fingerprint density at radius 1 is 0.950 bits per heavy atom. The third-order valence-corrected chi connectivity index (χ3v) is 8.40. The lowest BCUT2D eigenvalue weighted by molar-refractivity contribution is -0.149. The van der Waals surface area contributed by atoms with E-state index in [0.717, 1.165) is 48.9 Å². The van der Waals surface area contributed by atoms with Crippen LogP contribution in [0.5, 0.6) is 0 Å². The van der Waals surface area contributed by atoms with E-state index >= 15 is 0 Å². The topological polar surface area (TPSA) is 117 Å². The Bertz CT molecular complexity index is 1300. The summed E-state index contributed by atoms with van der Waals surface area (Å²) < 4.78 is 23.0. The second-order valence-electron chi connectivity index (χ2n) is 13.5. The van der Waals surface area contributed by atoms with E-state index < -0.39 is 35.4 Å². The van der Waals surface area contributed by atoms with Crippen LogP contribution in [-0.4, -0.2) is 52.0 Å². The van der Waals surface area contributed by atoms with Crippen LogP contribution in [0.25, 0.3) is 11.1 Å². The van der Waals surface area contributed by atoms with Crippen LogP contribution in [-0.2, 0) is 31.5 Å². The largest absolute Gasteiger partial charge is 0.467 e. The van der Waals surface area contributed by atoms with Crippen LogP contribution in [0.1, 0.15) is 92.1 Å². The second-order valence-corrected chi connectivity index (χ2v) is 13.5. The number of carbonyl (C=O) groups is 3. The van der Waals surface area contributed by atoms with E-state index in [1.807, 2.05) is 12.1 Å². The molecule has 3 fully saturated rings. The summed E-state index contributed by atoms with van der Waals surface area (Å²) in [6.45, 7) is 10.2. The molecular formula is C30H42N2O8. The van der Waals surface area contributed by atoms with E-state index in [1.54, 1.807) is 48.6 Å². The monoisotopic (exact) mass is 558 g/mol. The lowest BCUT2D eigenvalue weighted by atomic mass is 9.50. The van der Waals surface area contributed by atoms with Gasteiger partial charge in [-0.3, -0.25) is 4.57 Å². The van der Waals surface area contributed by atoms with Crippen LogP contribution in [0.2, 0.25) is 0 Å². The average Bonchev–Trinajstić information content (AvgIpc) is 3.14. The van der Waals surface area contributed by atoms with Crippen LogP contribution < -0.4 is 5.76 Å². The van der Waals surface area contributed by atoms with Crippen molar-refractivity contribution in [1.82, 2.24) is 9.47 Å². The summed E-state index contributed by atoms with van der Waals surface area (Å²) in [5.74, 6) is -1.07. The standard InChI is InChI=1S/C30H42N2O8/c1-27(2,3)39-25(35)32(26(36)40-28(4,5)6)21(23(33)37-8)18-29-11-14-30(15-12-29,16-13-29)19-9-10-22-20(17-19)31(7)24(34)38-22/h9-10,17,21H,11-16,18H2,1-8H3. The van der Waals surface area contributed by atoms with Gasteiger partial charge in [-0.25, -0.2) is 19.2 Å². The highest BCUT2D eigenvalue weighted by atomic mass is 16.6. The number of esters is 1. The van der Waals surface area contributed by atoms with Gasteiger partial charge in [0.2, 0.25) is 0 Å². The van der Waals surface area contributed by atoms with Crippen LogP contribution >= 0.6 is 0 Å². The predicted molar refractivity (Wildman–Crippen MR) is 148 cm³/mol. The van der Waals surface area contributed by atoms with Gasteiger partial charge in [0.25, 0.3) is 0 Å². The number of aromatic nitrogens is 1. The Balaban J connectivity index is 1.61. The molecule has 0 aliphatic heterocycles. The normalized spacial score (nSPS) is 23.5. The fraction of sp³-hybridized carbons (Fsp3) is 0.667. The Kier molecular flexibility index (Phi) is 7.62. The van der Waals surface area contributed by atoms with Crippen molar-refractivity contribution < 1.29 is 33.0 Å². The Hall–Kier alpha value is -3.30. The maximum absolute atomic E-state index is 13.3. The Morgan fingerprint density at radius 2 is 1.48 bits per heavy atom. The lowest BCUT2D eigenvalue weighted by Crippen LogP contribution is -2.55. The molecule has 5 rings (SSSR count). The number of nitrogens with zero attached hydrogens (tertiary/aromatic N) is 2. The van der Waals surface area contributed by atoms with Gasteiger partial charge in [-0.1, -0.05) is 6.07 Å². The molecule has 3 saturated carbocycles. The molecule has 0 saturated heterocycles. The number of methoxy groups -OCH3 is 1.